The second kappa shape index (κ2) is 8.45. The summed E-state index contributed by atoms with van der Waals surface area (Å²) in [7, 11) is 2.05. The van der Waals surface area contributed by atoms with Crippen molar-refractivity contribution in [3.8, 4) is 0 Å². The van der Waals surface area contributed by atoms with Gasteiger partial charge in [-0.25, -0.2) is 4.98 Å². The van der Waals surface area contributed by atoms with Crippen molar-refractivity contribution in [3.05, 3.63) is 59.3 Å². The summed E-state index contributed by atoms with van der Waals surface area (Å²) in [5, 5.41) is 9.80. The third kappa shape index (κ3) is 4.59. The summed E-state index contributed by atoms with van der Waals surface area (Å²) < 4.78 is 0. The first-order valence-electron chi connectivity index (χ1n) is 9.24. The van der Waals surface area contributed by atoms with E-state index in [0.717, 1.165) is 50.4 Å². The standard InChI is InChI=1S/C21H29N3O/c1-17-10-11-19-15-24(13-6-9-18-7-4-3-5-8-18)14-12-20(16-25)23(2)21(19)22-17/h3-5,7-8,10-11,20,25H,6,9,12-16H2,1-2H3/t20-/m0/s1. The minimum atomic E-state index is 0.130. The normalized spacial score (nSPS) is 18.5. The minimum Gasteiger partial charge on any atom is -0.394 e. The Kier molecular flexibility index (Phi) is 6.05. The van der Waals surface area contributed by atoms with Crippen molar-refractivity contribution in [1.82, 2.24) is 9.88 Å². The monoisotopic (exact) mass is 339 g/mol. The number of likely N-dealkylation sites (N-methyl/N-ethyl adjacent to an activating group) is 1. The zero-order chi connectivity index (χ0) is 17.6. The number of rotatable bonds is 5. The molecule has 0 saturated heterocycles. The van der Waals surface area contributed by atoms with E-state index in [-0.39, 0.29) is 12.6 Å². The lowest BCUT2D eigenvalue weighted by Crippen LogP contribution is -2.42. The van der Waals surface area contributed by atoms with Crippen LogP contribution in [-0.2, 0) is 13.0 Å². The molecule has 4 heteroatoms. The highest BCUT2D eigenvalue weighted by atomic mass is 16.3. The fourth-order valence-electron chi connectivity index (χ4n) is 3.57. The molecule has 25 heavy (non-hydrogen) atoms. The lowest BCUT2D eigenvalue weighted by Gasteiger charge is -2.35. The molecule has 0 spiro atoms. The predicted molar refractivity (Wildman–Crippen MR) is 103 cm³/mol. The highest BCUT2D eigenvalue weighted by Crippen LogP contribution is 2.25. The number of nitrogens with zero attached hydrogens (tertiary/aromatic N) is 3. The highest BCUT2D eigenvalue weighted by molar-refractivity contribution is 5.48. The van der Waals surface area contributed by atoms with Gasteiger partial charge in [0.05, 0.1) is 12.6 Å². The Morgan fingerprint density at radius 3 is 2.72 bits per heavy atom. The van der Waals surface area contributed by atoms with E-state index in [2.05, 4.69) is 59.3 Å². The third-order valence-electron chi connectivity index (χ3n) is 5.14. The van der Waals surface area contributed by atoms with E-state index in [4.69, 9.17) is 4.98 Å². The molecule has 2 aromatic rings. The van der Waals surface area contributed by atoms with Crippen LogP contribution in [0.2, 0.25) is 0 Å². The van der Waals surface area contributed by atoms with Crippen molar-refractivity contribution >= 4 is 5.82 Å². The maximum Gasteiger partial charge on any atom is 0.133 e. The van der Waals surface area contributed by atoms with Gasteiger partial charge < -0.3 is 10.0 Å². The van der Waals surface area contributed by atoms with E-state index >= 15 is 0 Å². The second-order valence-electron chi connectivity index (χ2n) is 7.04. The molecule has 1 aliphatic heterocycles. The lowest BCUT2D eigenvalue weighted by atomic mass is 10.1. The van der Waals surface area contributed by atoms with Crippen LogP contribution in [0.15, 0.2) is 42.5 Å². The van der Waals surface area contributed by atoms with Gasteiger partial charge in [-0.1, -0.05) is 36.4 Å². The van der Waals surface area contributed by atoms with Crippen LogP contribution < -0.4 is 4.90 Å². The molecule has 1 N–H and O–H groups in total. The summed E-state index contributed by atoms with van der Waals surface area (Å²) in [6.45, 7) is 5.21. The second-order valence-corrected chi connectivity index (χ2v) is 7.04. The molecule has 0 unspecified atom stereocenters. The van der Waals surface area contributed by atoms with Crippen LogP contribution in [-0.4, -0.2) is 47.8 Å². The van der Waals surface area contributed by atoms with Crippen LogP contribution >= 0.6 is 0 Å². The minimum absolute atomic E-state index is 0.130. The predicted octanol–water partition coefficient (Wildman–Crippen LogP) is 3.03. The maximum absolute atomic E-state index is 9.80. The van der Waals surface area contributed by atoms with Crippen molar-refractivity contribution in [1.29, 1.82) is 0 Å². The van der Waals surface area contributed by atoms with E-state index in [0.29, 0.717) is 0 Å². The number of benzene rings is 1. The first-order valence-corrected chi connectivity index (χ1v) is 9.24. The van der Waals surface area contributed by atoms with Crippen LogP contribution in [0.25, 0.3) is 0 Å². The molecule has 1 aliphatic rings. The van der Waals surface area contributed by atoms with Gasteiger partial charge >= 0.3 is 0 Å². The van der Waals surface area contributed by atoms with Crippen LogP contribution in [0.1, 0.15) is 29.7 Å². The highest BCUT2D eigenvalue weighted by Gasteiger charge is 2.23. The van der Waals surface area contributed by atoms with Gasteiger partial charge in [-0.3, -0.25) is 4.90 Å². The van der Waals surface area contributed by atoms with Gasteiger partial charge in [0.25, 0.3) is 0 Å². The smallest absolute Gasteiger partial charge is 0.133 e. The number of hydrogen-bond donors (Lipinski definition) is 1. The van der Waals surface area contributed by atoms with Gasteiger partial charge in [-0.15, -0.1) is 0 Å². The molecule has 1 aromatic heterocycles. The van der Waals surface area contributed by atoms with Gasteiger partial charge in [-0.2, -0.15) is 0 Å². The summed E-state index contributed by atoms with van der Waals surface area (Å²) in [5.74, 6) is 1.02. The van der Waals surface area contributed by atoms with Gasteiger partial charge in [-0.05, 0) is 44.4 Å². The molecule has 134 valence electrons. The average molecular weight is 339 g/mol. The molecule has 4 nitrogen and oxygen atoms in total. The van der Waals surface area contributed by atoms with Crippen molar-refractivity contribution in [2.45, 2.75) is 38.8 Å². The maximum atomic E-state index is 9.80. The number of fused-ring (bicyclic) bond motifs is 1. The molecule has 2 heterocycles. The van der Waals surface area contributed by atoms with Crippen LogP contribution in [0, 0.1) is 6.92 Å². The number of aromatic nitrogens is 1. The number of hydrogen-bond acceptors (Lipinski definition) is 4. The fourth-order valence-corrected chi connectivity index (χ4v) is 3.57. The molecule has 0 aliphatic carbocycles. The average Bonchev–Trinajstić information content (AvgIpc) is 2.63. The summed E-state index contributed by atoms with van der Waals surface area (Å²) >= 11 is 0. The van der Waals surface area contributed by atoms with Gasteiger partial charge in [0, 0.05) is 31.4 Å². The number of aryl methyl sites for hydroxylation is 2. The first-order chi connectivity index (χ1) is 12.2. The van der Waals surface area contributed by atoms with E-state index in [1.54, 1.807) is 0 Å². The van der Waals surface area contributed by atoms with Crippen molar-refractivity contribution in [2.75, 3.05) is 31.6 Å². The molecule has 3 rings (SSSR count). The summed E-state index contributed by atoms with van der Waals surface area (Å²) in [6, 6.07) is 15.1. The molecule has 0 saturated carbocycles. The van der Waals surface area contributed by atoms with E-state index in [9.17, 15) is 5.11 Å². The Morgan fingerprint density at radius 2 is 1.96 bits per heavy atom. The Bertz CT molecular complexity index is 674. The van der Waals surface area contributed by atoms with Gasteiger partial charge in [0.1, 0.15) is 5.82 Å². The molecule has 1 atom stereocenters. The summed E-state index contributed by atoms with van der Waals surface area (Å²) in [6.07, 6.45) is 3.23. The SMILES string of the molecule is Cc1ccc2c(n1)N(C)[C@H](CO)CCN(CCCc1ccccc1)C2. The Balaban J connectivity index is 1.69. The fraction of sp³-hybridized carbons (Fsp3) is 0.476. The molecule has 0 fully saturated rings. The van der Waals surface area contributed by atoms with Gasteiger partial charge in [0.15, 0.2) is 0 Å². The van der Waals surface area contributed by atoms with Crippen LogP contribution in [0.4, 0.5) is 5.82 Å². The quantitative estimate of drug-likeness (QED) is 0.909. The van der Waals surface area contributed by atoms with Crippen LogP contribution in [0.5, 0.6) is 0 Å². The molecular weight excluding hydrogens is 310 g/mol. The van der Waals surface area contributed by atoms with Crippen molar-refractivity contribution in [2.24, 2.45) is 0 Å². The summed E-state index contributed by atoms with van der Waals surface area (Å²) in [4.78, 5) is 9.41. The molecular formula is C21H29N3O. The number of pyridine rings is 1. The largest absolute Gasteiger partial charge is 0.394 e. The zero-order valence-electron chi connectivity index (χ0n) is 15.4. The first kappa shape index (κ1) is 17.9. The Morgan fingerprint density at radius 1 is 1.16 bits per heavy atom. The van der Waals surface area contributed by atoms with Gasteiger partial charge in [0.2, 0.25) is 0 Å². The molecule has 0 bridgehead atoms. The summed E-state index contributed by atoms with van der Waals surface area (Å²) in [5.41, 5.74) is 3.68. The molecule has 0 radical (unpaired) electrons. The van der Waals surface area contributed by atoms with E-state index in [1.165, 1.54) is 11.1 Å². The van der Waals surface area contributed by atoms with E-state index < -0.39 is 0 Å². The number of aliphatic hydroxyl groups is 1. The Labute approximate surface area is 151 Å². The van der Waals surface area contributed by atoms with Crippen molar-refractivity contribution in [3.63, 3.8) is 0 Å². The van der Waals surface area contributed by atoms with Crippen molar-refractivity contribution < 1.29 is 5.11 Å². The molecule has 0 amide bonds. The number of anilines is 1. The third-order valence-corrected chi connectivity index (χ3v) is 5.14. The topological polar surface area (TPSA) is 39.6 Å². The Hall–Kier alpha value is -1.91. The lowest BCUT2D eigenvalue weighted by molar-refractivity contribution is 0.209. The number of aliphatic hydroxyl groups excluding tert-OH is 1. The zero-order valence-corrected chi connectivity index (χ0v) is 15.4. The van der Waals surface area contributed by atoms with E-state index in [1.807, 2.05) is 6.92 Å². The van der Waals surface area contributed by atoms with Crippen LogP contribution in [0.3, 0.4) is 0 Å². The molecule has 1 aromatic carbocycles.